The van der Waals surface area contributed by atoms with Gasteiger partial charge in [0.25, 0.3) is 0 Å². The summed E-state index contributed by atoms with van der Waals surface area (Å²) in [5.74, 6) is -1.18. The van der Waals surface area contributed by atoms with E-state index in [9.17, 15) is 18.0 Å². The zero-order valence-corrected chi connectivity index (χ0v) is 27.7. The number of halogens is 4. The summed E-state index contributed by atoms with van der Waals surface area (Å²) in [5, 5.41) is 12.3. The quantitative estimate of drug-likeness (QED) is 0.116. The summed E-state index contributed by atoms with van der Waals surface area (Å²) in [6.45, 7) is 4.01. The number of nitriles is 1. The lowest BCUT2D eigenvalue weighted by atomic mass is 9.83. The van der Waals surface area contributed by atoms with E-state index >= 15 is 0 Å². The van der Waals surface area contributed by atoms with Gasteiger partial charge in [-0.25, -0.2) is 4.98 Å². The monoisotopic (exact) mass is 710 g/mol. The Labute approximate surface area is 280 Å². The Kier molecular flexibility index (Phi) is 11.7. The van der Waals surface area contributed by atoms with Crippen molar-refractivity contribution in [1.29, 1.82) is 5.26 Å². The number of Topliss-reactive ketones (excluding diaryl/α,β-unsaturated/α-hetero) is 1. The standard InChI is InChI=1S/C34H34BrF3N6OS/c1-3-22(2)31(30(45)16-26-18-41-21-43(26)19-24-14-12-23(17-39)13-15-24)32(40)44(33(46)42-29-11-7-6-10-28(29)35)20-25-8-4-5-9-27(25)34(36,37)38/h4-15,18,21-22,31-32H,3,16,19-20,40H2,1-2H3,(H,42,46)/t22-,31+,32?/m0/s1. The number of thiocarbonyl (C=S) groups is 1. The lowest BCUT2D eigenvalue weighted by Gasteiger charge is -2.38. The van der Waals surface area contributed by atoms with E-state index in [0.717, 1.165) is 11.6 Å². The number of alkyl halides is 3. The number of hydrogen-bond acceptors (Lipinski definition) is 5. The van der Waals surface area contributed by atoms with Crippen LogP contribution in [-0.4, -0.2) is 31.5 Å². The largest absolute Gasteiger partial charge is 0.416 e. The van der Waals surface area contributed by atoms with E-state index < -0.39 is 23.8 Å². The molecule has 12 heteroatoms. The van der Waals surface area contributed by atoms with Gasteiger partial charge in [-0.15, -0.1) is 0 Å². The van der Waals surface area contributed by atoms with Crippen LogP contribution in [0.15, 0.2) is 89.8 Å². The number of imidazole rings is 1. The number of ketones is 1. The van der Waals surface area contributed by atoms with Crippen molar-refractivity contribution in [2.24, 2.45) is 17.6 Å². The molecule has 0 saturated heterocycles. The van der Waals surface area contributed by atoms with Crippen molar-refractivity contribution in [1.82, 2.24) is 14.5 Å². The maximum Gasteiger partial charge on any atom is 0.416 e. The molecule has 0 bridgehead atoms. The van der Waals surface area contributed by atoms with Crippen molar-refractivity contribution in [3.05, 3.63) is 118 Å². The van der Waals surface area contributed by atoms with E-state index in [-0.39, 0.29) is 35.3 Å². The summed E-state index contributed by atoms with van der Waals surface area (Å²) in [4.78, 5) is 19.9. The molecule has 4 rings (SSSR count). The average Bonchev–Trinajstić information content (AvgIpc) is 3.46. The number of benzene rings is 3. The Morgan fingerprint density at radius 1 is 1.13 bits per heavy atom. The minimum Gasteiger partial charge on any atom is -0.332 e. The molecular formula is C34H34BrF3N6OS. The fraction of sp³-hybridized carbons (Fsp3) is 0.294. The van der Waals surface area contributed by atoms with Crippen molar-refractivity contribution in [2.75, 3.05) is 5.32 Å². The van der Waals surface area contributed by atoms with Crippen LogP contribution in [0, 0.1) is 23.2 Å². The second kappa shape index (κ2) is 15.5. The van der Waals surface area contributed by atoms with Crippen LogP contribution in [0.2, 0.25) is 0 Å². The van der Waals surface area contributed by atoms with Crippen LogP contribution < -0.4 is 11.1 Å². The Morgan fingerprint density at radius 2 is 1.80 bits per heavy atom. The highest BCUT2D eigenvalue weighted by molar-refractivity contribution is 9.10. The summed E-state index contributed by atoms with van der Waals surface area (Å²) >= 11 is 9.25. The topological polar surface area (TPSA) is 100.0 Å². The van der Waals surface area contributed by atoms with E-state index in [1.807, 2.05) is 36.6 Å². The fourth-order valence-corrected chi connectivity index (χ4v) is 5.97. The van der Waals surface area contributed by atoms with E-state index in [1.165, 1.54) is 23.1 Å². The van der Waals surface area contributed by atoms with Crippen molar-refractivity contribution in [3.8, 4) is 6.07 Å². The van der Waals surface area contributed by atoms with Gasteiger partial charge in [0, 0.05) is 35.9 Å². The van der Waals surface area contributed by atoms with Gasteiger partial charge >= 0.3 is 6.18 Å². The van der Waals surface area contributed by atoms with Crippen LogP contribution in [-0.2, 0) is 30.5 Å². The van der Waals surface area contributed by atoms with Crippen LogP contribution in [0.4, 0.5) is 18.9 Å². The molecule has 3 N–H and O–H groups in total. The predicted octanol–water partition coefficient (Wildman–Crippen LogP) is 7.54. The Bertz CT molecular complexity index is 1700. The lowest BCUT2D eigenvalue weighted by Crippen LogP contribution is -2.55. The number of nitrogens with one attached hydrogen (secondary N) is 1. The predicted molar refractivity (Wildman–Crippen MR) is 179 cm³/mol. The molecule has 7 nitrogen and oxygen atoms in total. The number of rotatable bonds is 12. The lowest BCUT2D eigenvalue weighted by molar-refractivity contribution is -0.138. The molecular weight excluding hydrogens is 677 g/mol. The third-order valence-corrected chi connectivity index (χ3v) is 9.01. The smallest absolute Gasteiger partial charge is 0.332 e. The third kappa shape index (κ3) is 8.60. The molecule has 0 spiro atoms. The van der Waals surface area contributed by atoms with Crippen LogP contribution >= 0.6 is 28.1 Å². The number of carbonyl (C=O) groups excluding carboxylic acids is 1. The molecule has 4 aromatic rings. The summed E-state index contributed by atoms with van der Waals surface area (Å²) < 4.78 is 44.7. The molecule has 240 valence electrons. The number of anilines is 1. The van der Waals surface area contributed by atoms with E-state index in [4.69, 9.17) is 23.2 Å². The number of aromatic nitrogens is 2. The number of carbonyl (C=O) groups is 1. The van der Waals surface area contributed by atoms with Crippen molar-refractivity contribution in [2.45, 2.75) is 52.1 Å². The summed E-state index contributed by atoms with van der Waals surface area (Å²) in [6, 6.07) is 21.7. The molecule has 46 heavy (non-hydrogen) atoms. The summed E-state index contributed by atoms with van der Waals surface area (Å²) in [7, 11) is 0. The van der Waals surface area contributed by atoms with E-state index in [0.29, 0.717) is 34.4 Å². The van der Waals surface area contributed by atoms with Gasteiger partial charge in [-0.3, -0.25) is 4.79 Å². The molecule has 1 unspecified atom stereocenters. The highest BCUT2D eigenvalue weighted by atomic mass is 79.9. The molecule has 0 amide bonds. The first-order chi connectivity index (χ1) is 21.9. The molecule has 0 radical (unpaired) electrons. The molecule has 0 aliphatic rings. The first-order valence-electron chi connectivity index (χ1n) is 14.7. The Balaban J connectivity index is 1.66. The van der Waals surface area contributed by atoms with Gasteiger partial charge in [0.15, 0.2) is 5.11 Å². The second-order valence-electron chi connectivity index (χ2n) is 11.1. The van der Waals surface area contributed by atoms with Gasteiger partial charge < -0.3 is 20.5 Å². The molecule has 3 atom stereocenters. The van der Waals surface area contributed by atoms with E-state index in [2.05, 4.69) is 32.3 Å². The summed E-state index contributed by atoms with van der Waals surface area (Å²) in [5.41, 5.74) is 8.82. The molecule has 0 fully saturated rings. The van der Waals surface area contributed by atoms with Crippen LogP contribution in [0.3, 0.4) is 0 Å². The molecule has 3 aromatic carbocycles. The maximum atomic E-state index is 14.1. The maximum absolute atomic E-state index is 14.1. The summed E-state index contributed by atoms with van der Waals surface area (Å²) in [6.07, 6.45) is -1.78. The SMILES string of the molecule is CC[C@H](C)[C@H](C(=O)Cc1cncn1Cc1ccc(C#N)cc1)C(N)N(Cc1ccccc1C(F)(F)F)C(=S)Nc1ccccc1Br. The normalized spacial score (nSPS) is 13.3. The van der Waals surface area contributed by atoms with Gasteiger partial charge in [0.2, 0.25) is 0 Å². The Morgan fingerprint density at radius 3 is 2.46 bits per heavy atom. The molecule has 0 aliphatic carbocycles. The van der Waals surface area contributed by atoms with Crippen LogP contribution in [0.5, 0.6) is 0 Å². The van der Waals surface area contributed by atoms with Gasteiger partial charge in [-0.05, 0) is 75.5 Å². The zero-order valence-electron chi connectivity index (χ0n) is 25.3. The number of hydrogen-bond donors (Lipinski definition) is 2. The fourth-order valence-electron chi connectivity index (χ4n) is 5.29. The minimum atomic E-state index is -4.59. The van der Waals surface area contributed by atoms with Crippen LogP contribution in [0.25, 0.3) is 0 Å². The molecule has 0 saturated carbocycles. The minimum absolute atomic E-state index is 0.0103. The van der Waals surface area contributed by atoms with Crippen molar-refractivity contribution in [3.63, 3.8) is 0 Å². The van der Waals surface area contributed by atoms with Crippen molar-refractivity contribution >= 4 is 44.7 Å². The first-order valence-corrected chi connectivity index (χ1v) is 15.9. The number of nitrogens with zero attached hydrogens (tertiary/aromatic N) is 4. The van der Waals surface area contributed by atoms with Crippen LogP contribution in [0.1, 0.15) is 48.2 Å². The van der Waals surface area contributed by atoms with Gasteiger partial charge in [-0.2, -0.15) is 18.4 Å². The van der Waals surface area contributed by atoms with Gasteiger partial charge in [0.1, 0.15) is 5.78 Å². The molecule has 1 aromatic heterocycles. The van der Waals surface area contributed by atoms with Gasteiger partial charge in [-0.1, -0.05) is 62.7 Å². The van der Waals surface area contributed by atoms with E-state index in [1.54, 1.807) is 42.9 Å². The highest BCUT2D eigenvalue weighted by Crippen LogP contribution is 2.34. The first kappa shape index (κ1) is 34.8. The van der Waals surface area contributed by atoms with Gasteiger partial charge in [0.05, 0.1) is 41.3 Å². The number of nitrogens with two attached hydrogens (primary N) is 1. The molecule has 0 aliphatic heterocycles. The molecule has 1 heterocycles. The Hall–Kier alpha value is -4.05. The second-order valence-corrected chi connectivity index (χ2v) is 12.3. The average molecular weight is 712 g/mol. The number of para-hydroxylation sites is 1. The zero-order chi connectivity index (χ0) is 33.4. The third-order valence-electron chi connectivity index (χ3n) is 7.99. The highest BCUT2D eigenvalue weighted by Gasteiger charge is 2.38. The van der Waals surface area contributed by atoms with Crippen molar-refractivity contribution < 1.29 is 18.0 Å².